The Morgan fingerprint density at radius 1 is 1.38 bits per heavy atom. The van der Waals surface area contributed by atoms with E-state index in [2.05, 4.69) is 10.2 Å². The first kappa shape index (κ1) is 17.2. The van der Waals surface area contributed by atoms with Crippen molar-refractivity contribution in [2.45, 2.75) is 38.3 Å². The third-order valence-corrected chi connectivity index (χ3v) is 3.58. The van der Waals surface area contributed by atoms with E-state index in [4.69, 9.17) is 10.8 Å². The maximum absolute atomic E-state index is 12.2. The molecule has 0 aromatic rings. The fourth-order valence-corrected chi connectivity index (χ4v) is 2.45. The summed E-state index contributed by atoms with van der Waals surface area (Å²) >= 11 is 0. The number of hydrogen-bond donors (Lipinski definition) is 3. The van der Waals surface area contributed by atoms with Gasteiger partial charge in [0.1, 0.15) is 6.04 Å². The van der Waals surface area contributed by atoms with Crippen LogP contribution in [0.3, 0.4) is 0 Å². The van der Waals surface area contributed by atoms with Crippen LogP contribution in [0.25, 0.3) is 0 Å². The van der Waals surface area contributed by atoms with E-state index in [1.807, 2.05) is 14.0 Å². The summed E-state index contributed by atoms with van der Waals surface area (Å²) in [4.78, 5) is 37.9. The van der Waals surface area contributed by atoms with Crippen molar-refractivity contribution < 1.29 is 19.5 Å². The van der Waals surface area contributed by atoms with Gasteiger partial charge in [-0.2, -0.15) is 0 Å². The first-order valence-electron chi connectivity index (χ1n) is 7.08. The van der Waals surface area contributed by atoms with Gasteiger partial charge in [-0.25, -0.2) is 9.59 Å². The van der Waals surface area contributed by atoms with Crippen LogP contribution in [-0.4, -0.2) is 71.6 Å². The molecule has 8 nitrogen and oxygen atoms in total. The lowest BCUT2D eigenvalue weighted by atomic mass is 10.1. The Morgan fingerprint density at radius 2 is 2.05 bits per heavy atom. The number of nitrogens with one attached hydrogen (secondary N) is 1. The average Bonchev–Trinajstić information content (AvgIpc) is 2.54. The lowest BCUT2D eigenvalue weighted by Gasteiger charge is -2.29. The number of carbonyl (C=O) groups is 3. The molecule has 1 heterocycles. The van der Waals surface area contributed by atoms with Gasteiger partial charge in [0.05, 0.1) is 0 Å². The van der Waals surface area contributed by atoms with Gasteiger partial charge >= 0.3 is 12.0 Å². The minimum absolute atomic E-state index is 0.00146. The highest BCUT2D eigenvalue weighted by molar-refractivity contribution is 5.83. The molecule has 1 saturated heterocycles. The van der Waals surface area contributed by atoms with Crippen molar-refractivity contribution in [2.75, 3.05) is 26.7 Å². The molecule has 0 radical (unpaired) electrons. The monoisotopic (exact) mass is 300 g/mol. The van der Waals surface area contributed by atoms with Crippen LogP contribution in [0.2, 0.25) is 0 Å². The van der Waals surface area contributed by atoms with Crippen molar-refractivity contribution >= 4 is 17.9 Å². The maximum atomic E-state index is 12.2. The highest BCUT2D eigenvalue weighted by Crippen LogP contribution is 2.09. The smallest absolute Gasteiger partial charge is 0.326 e. The van der Waals surface area contributed by atoms with Crippen LogP contribution in [0.4, 0.5) is 4.79 Å². The molecular formula is C13H24N4O4. The molecule has 3 amide bonds. The number of carbonyl (C=O) groups excluding carboxylic acids is 2. The maximum Gasteiger partial charge on any atom is 0.326 e. The molecule has 0 aliphatic carbocycles. The molecule has 0 aromatic carbocycles. The Hall–Kier alpha value is -1.83. The second-order valence-electron chi connectivity index (χ2n) is 5.50. The third kappa shape index (κ3) is 5.58. The zero-order chi connectivity index (χ0) is 16.0. The Bertz CT molecular complexity index is 402. The van der Waals surface area contributed by atoms with Crippen molar-refractivity contribution in [3.8, 4) is 0 Å². The molecule has 0 aromatic heterocycles. The van der Waals surface area contributed by atoms with Crippen molar-refractivity contribution in [1.82, 2.24) is 15.1 Å². The average molecular weight is 300 g/mol. The summed E-state index contributed by atoms with van der Waals surface area (Å²) < 4.78 is 0. The van der Waals surface area contributed by atoms with Crippen LogP contribution < -0.4 is 11.1 Å². The summed E-state index contributed by atoms with van der Waals surface area (Å²) in [5, 5.41) is 11.6. The fraction of sp³-hybridized carbons (Fsp3) is 0.769. The topological polar surface area (TPSA) is 116 Å². The van der Waals surface area contributed by atoms with E-state index in [0.717, 1.165) is 19.5 Å². The zero-order valence-electron chi connectivity index (χ0n) is 12.5. The first-order chi connectivity index (χ1) is 9.81. The zero-order valence-corrected chi connectivity index (χ0v) is 12.5. The molecule has 1 aliphatic heterocycles. The number of nitrogens with zero attached hydrogens (tertiary/aromatic N) is 2. The van der Waals surface area contributed by atoms with Gasteiger partial charge in [0, 0.05) is 25.6 Å². The summed E-state index contributed by atoms with van der Waals surface area (Å²) in [5.41, 5.74) is 5.01. The molecule has 8 heteroatoms. The SMILES string of the molecule is CC1CN(C)CCCN1C(=O)N[C@H](CCC(N)=O)C(=O)O. The van der Waals surface area contributed by atoms with Gasteiger partial charge in [0.25, 0.3) is 0 Å². The van der Waals surface area contributed by atoms with Gasteiger partial charge in [-0.15, -0.1) is 0 Å². The van der Waals surface area contributed by atoms with Crippen LogP contribution in [0, 0.1) is 0 Å². The Morgan fingerprint density at radius 3 is 2.62 bits per heavy atom. The predicted molar refractivity (Wildman–Crippen MR) is 76.7 cm³/mol. The normalized spacial score (nSPS) is 21.4. The number of urea groups is 1. The highest BCUT2D eigenvalue weighted by Gasteiger charge is 2.27. The summed E-state index contributed by atoms with van der Waals surface area (Å²) in [6.07, 6.45) is 0.765. The number of nitrogens with two attached hydrogens (primary N) is 1. The lowest BCUT2D eigenvalue weighted by molar-refractivity contribution is -0.139. The number of primary amides is 1. The minimum Gasteiger partial charge on any atom is -0.480 e. The van der Waals surface area contributed by atoms with E-state index in [-0.39, 0.29) is 18.9 Å². The molecule has 1 fully saturated rings. The number of amides is 3. The quantitative estimate of drug-likeness (QED) is 0.629. The predicted octanol–water partition coefficient (Wildman–Crippen LogP) is -0.559. The molecule has 0 spiro atoms. The van der Waals surface area contributed by atoms with Gasteiger partial charge in [-0.05, 0) is 33.4 Å². The Labute approximate surface area is 124 Å². The summed E-state index contributed by atoms with van der Waals surface area (Å²) in [6.45, 7) is 4.16. The highest BCUT2D eigenvalue weighted by atomic mass is 16.4. The number of carboxylic acids is 1. The van der Waals surface area contributed by atoms with Crippen LogP contribution in [-0.2, 0) is 9.59 Å². The summed E-state index contributed by atoms with van der Waals surface area (Å²) in [6, 6.07) is -1.50. The van der Waals surface area contributed by atoms with Crippen LogP contribution in [0.15, 0.2) is 0 Å². The van der Waals surface area contributed by atoms with E-state index in [1.165, 1.54) is 0 Å². The molecule has 1 unspecified atom stereocenters. The number of rotatable bonds is 5. The third-order valence-electron chi connectivity index (χ3n) is 3.58. The summed E-state index contributed by atoms with van der Waals surface area (Å²) in [5.74, 6) is -1.75. The van der Waals surface area contributed by atoms with Gasteiger partial charge in [0.15, 0.2) is 0 Å². The first-order valence-corrected chi connectivity index (χ1v) is 7.08. The molecule has 1 aliphatic rings. The largest absolute Gasteiger partial charge is 0.480 e. The van der Waals surface area contributed by atoms with E-state index in [0.29, 0.717) is 6.54 Å². The van der Waals surface area contributed by atoms with Crippen LogP contribution >= 0.6 is 0 Å². The Kier molecular flexibility index (Phi) is 6.41. The molecule has 4 N–H and O–H groups in total. The van der Waals surface area contributed by atoms with Crippen LogP contribution in [0.1, 0.15) is 26.2 Å². The van der Waals surface area contributed by atoms with Crippen LogP contribution in [0.5, 0.6) is 0 Å². The molecule has 1 rings (SSSR count). The molecule has 2 atom stereocenters. The molecule has 0 bridgehead atoms. The van der Waals surface area contributed by atoms with Crippen molar-refractivity contribution in [1.29, 1.82) is 0 Å². The second kappa shape index (κ2) is 7.82. The molecule has 21 heavy (non-hydrogen) atoms. The lowest BCUT2D eigenvalue weighted by Crippen LogP contribution is -2.52. The summed E-state index contributed by atoms with van der Waals surface area (Å²) in [7, 11) is 1.99. The number of aliphatic carboxylic acids is 1. The molecular weight excluding hydrogens is 276 g/mol. The van der Waals surface area contributed by atoms with E-state index >= 15 is 0 Å². The minimum atomic E-state index is -1.16. The van der Waals surface area contributed by atoms with Gasteiger partial charge in [0.2, 0.25) is 5.91 Å². The number of carboxylic acid groups (broad SMARTS) is 1. The molecule has 120 valence electrons. The molecule has 0 saturated carbocycles. The Balaban J connectivity index is 2.63. The van der Waals surface area contributed by atoms with Crippen molar-refractivity contribution in [3.05, 3.63) is 0 Å². The van der Waals surface area contributed by atoms with E-state index < -0.39 is 23.9 Å². The fourth-order valence-electron chi connectivity index (χ4n) is 2.45. The standard InChI is InChI=1S/C13H24N4O4/c1-9-8-16(2)6-3-7-17(9)13(21)15-10(12(19)20)4-5-11(14)18/h9-10H,3-8H2,1-2H3,(H2,14,18)(H,15,21)(H,19,20)/t9?,10-/m1/s1. The van der Waals surface area contributed by atoms with Gasteiger partial charge in [-0.3, -0.25) is 4.79 Å². The van der Waals surface area contributed by atoms with Crippen molar-refractivity contribution in [2.24, 2.45) is 5.73 Å². The van der Waals surface area contributed by atoms with Gasteiger partial charge in [-0.1, -0.05) is 0 Å². The second-order valence-corrected chi connectivity index (χ2v) is 5.50. The van der Waals surface area contributed by atoms with E-state index in [1.54, 1.807) is 4.90 Å². The number of hydrogen-bond acceptors (Lipinski definition) is 4. The van der Waals surface area contributed by atoms with Crippen molar-refractivity contribution in [3.63, 3.8) is 0 Å². The number of likely N-dealkylation sites (N-methyl/N-ethyl adjacent to an activating group) is 1. The van der Waals surface area contributed by atoms with E-state index in [9.17, 15) is 14.4 Å². The van der Waals surface area contributed by atoms with Gasteiger partial charge < -0.3 is 26.0 Å².